The Balaban J connectivity index is 2.62. The molecule has 0 bridgehead atoms. The molecule has 0 radical (unpaired) electrons. The van der Waals surface area contributed by atoms with Crippen molar-refractivity contribution in [1.82, 2.24) is 0 Å². The molecule has 18 heavy (non-hydrogen) atoms. The van der Waals surface area contributed by atoms with Crippen LogP contribution in [0.2, 0.25) is 25.7 Å². The van der Waals surface area contributed by atoms with E-state index in [-0.39, 0.29) is 0 Å². The number of rotatable bonds is 6. The summed E-state index contributed by atoms with van der Waals surface area (Å²) in [5.74, 6) is 0.683. The lowest BCUT2D eigenvalue weighted by Crippen LogP contribution is -2.19. The summed E-state index contributed by atoms with van der Waals surface area (Å²) < 4.78 is 0. The van der Waals surface area contributed by atoms with E-state index >= 15 is 0 Å². The van der Waals surface area contributed by atoms with Gasteiger partial charge in [0.1, 0.15) is 0 Å². The highest BCUT2D eigenvalue weighted by Crippen LogP contribution is 2.25. The van der Waals surface area contributed by atoms with Crippen LogP contribution in [0, 0.1) is 0 Å². The molecule has 1 aromatic rings. The predicted molar refractivity (Wildman–Crippen MR) is 86.0 cm³/mol. The molecule has 0 aliphatic rings. The zero-order valence-electron chi connectivity index (χ0n) is 12.7. The molecule has 0 aromatic heterocycles. The molecule has 0 amide bonds. The van der Waals surface area contributed by atoms with Crippen molar-refractivity contribution < 1.29 is 0 Å². The van der Waals surface area contributed by atoms with Gasteiger partial charge in [-0.25, -0.2) is 0 Å². The number of hydrogen-bond acceptors (Lipinski definition) is 0. The second kappa shape index (κ2) is 6.94. The van der Waals surface area contributed by atoms with E-state index in [4.69, 9.17) is 0 Å². The summed E-state index contributed by atoms with van der Waals surface area (Å²) in [6.45, 7) is 11.9. The molecule has 0 spiro atoms. The average molecular weight is 260 g/mol. The second-order valence-corrected chi connectivity index (χ2v) is 12.0. The minimum Gasteiger partial charge on any atom is -0.0853 e. The van der Waals surface area contributed by atoms with Gasteiger partial charge in [0.15, 0.2) is 0 Å². The zero-order chi connectivity index (χ0) is 13.6. The molecular formula is C17H28Si. The Morgan fingerprint density at radius 2 is 1.78 bits per heavy atom. The first-order chi connectivity index (χ1) is 8.42. The second-order valence-electron chi connectivity index (χ2n) is 6.54. The number of allylic oxidation sites excluding steroid dienone is 2. The normalized spacial score (nSPS) is 14.6. The van der Waals surface area contributed by atoms with Crippen LogP contribution in [-0.2, 0) is 0 Å². The summed E-state index contributed by atoms with van der Waals surface area (Å²) in [5, 5.41) is 0. The van der Waals surface area contributed by atoms with Crippen molar-refractivity contribution in [3.63, 3.8) is 0 Å². The van der Waals surface area contributed by atoms with Crippen molar-refractivity contribution >= 4 is 8.07 Å². The third kappa shape index (κ3) is 5.68. The van der Waals surface area contributed by atoms with Gasteiger partial charge in [-0.05, 0) is 37.3 Å². The van der Waals surface area contributed by atoms with Crippen molar-refractivity contribution in [3.8, 4) is 0 Å². The van der Waals surface area contributed by atoms with Crippen LogP contribution < -0.4 is 0 Å². The Labute approximate surface area is 114 Å². The predicted octanol–water partition coefficient (Wildman–Crippen LogP) is 5.85. The fourth-order valence-electron chi connectivity index (χ4n) is 2.52. The van der Waals surface area contributed by atoms with Gasteiger partial charge in [-0.2, -0.15) is 0 Å². The van der Waals surface area contributed by atoms with Gasteiger partial charge < -0.3 is 0 Å². The smallest absolute Gasteiger partial charge is 0.0483 e. The molecule has 1 rings (SSSR count). The van der Waals surface area contributed by atoms with Crippen LogP contribution in [0.15, 0.2) is 42.0 Å². The van der Waals surface area contributed by atoms with Crippen LogP contribution in [-0.4, -0.2) is 8.07 Å². The van der Waals surface area contributed by atoms with Crippen molar-refractivity contribution in [2.24, 2.45) is 0 Å². The van der Waals surface area contributed by atoms with Gasteiger partial charge in [0.2, 0.25) is 0 Å². The van der Waals surface area contributed by atoms with Gasteiger partial charge in [0.05, 0.1) is 0 Å². The molecule has 0 saturated carbocycles. The topological polar surface area (TPSA) is 0 Å². The maximum absolute atomic E-state index is 2.47. The van der Waals surface area contributed by atoms with E-state index in [0.717, 1.165) is 0 Å². The van der Waals surface area contributed by atoms with Gasteiger partial charge in [-0.3, -0.25) is 0 Å². The average Bonchev–Trinajstić information content (AvgIpc) is 2.29. The maximum atomic E-state index is 2.47. The number of hydrogen-bond donors (Lipinski definition) is 0. The van der Waals surface area contributed by atoms with Crippen LogP contribution in [0.4, 0.5) is 0 Å². The van der Waals surface area contributed by atoms with Crippen LogP contribution >= 0.6 is 0 Å². The quantitative estimate of drug-likeness (QED) is 0.444. The zero-order valence-corrected chi connectivity index (χ0v) is 13.7. The molecule has 1 atom stereocenters. The fraction of sp³-hybridized carbons (Fsp3) is 0.529. The highest BCUT2D eigenvalue weighted by molar-refractivity contribution is 6.76. The summed E-state index contributed by atoms with van der Waals surface area (Å²) in [6.07, 6.45) is 4.89. The molecule has 0 saturated heterocycles. The Morgan fingerprint density at radius 3 is 2.28 bits per heavy atom. The van der Waals surface area contributed by atoms with E-state index in [0.29, 0.717) is 5.92 Å². The van der Waals surface area contributed by atoms with Gasteiger partial charge >= 0.3 is 0 Å². The molecule has 0 nitrogen and oxygen atoms in total. The highest BCUT2D eigenvalue weighted by atomic mass is 28.3. The van der Waals surface area contributed by atoms with Gasteiger partial charge in [0, 0.05) is 8.07 Å². The minimum atomic E-state index is -0.950. The molecule has 1 unspecified atom stereocenters. The lowest BCUT2D eigenvalue weighted by Gasteiger charge is -2.17. The summed E-state index contributed by atoms with van der Waals surface area (Å²) in [6, 6.07) is 12.2. The van der Waals surface area contributed by atoms with Crippen molar-refractivity contribution in [2.75, 3.05) is 0 Å². The molecule has 100 valence electrons. The Morgan fingerprint density at radius 1 is 1.17 bits per heavy atom. The first-order valence-corrected chi connectivity index (χ1v) is 10.8. The van der Waals surface area contributed by atoms with Crippen LogP contribution in [0.5, 0.6) is 0 Å². The molecular weight excluding hydrogens is 232 g/mol. The fourth-order valence-corrected chi connectivity index (χ4v) is 4.33. The molecule has 0 aliphatic heterocycles. The summed E-state index contributed by atoms with van der Waals surface area (Å²) >= 11 is 0. The van der Waals surface area contributed by atoms with Gasteiger partial charge in [0.25, 0.3) is 0 Å². The number of benzene rings is 1. The maximum Gasteiger partial charge on any atom is 0.0483 e. The third-order valence-corrected chi connectivity index (χ3v) is 4.94. The summed E-state index contributed by atoms with van der Waals surface area (Å²) in [4.78, 5) is 0. The van der Waals surface area contributed by atoms with E-state index in [1.807, 2.05) is 0 Å². The van der Waals surface area contributed by atoms with Crippen LogP contribution in [0.25, 0.3) is 0 Å². The van der Waals surface area contributed by atoms with Gasteiger partial charge in [-0.1, -0.05) is 68.5 Å². The Hall–Kier alpha value is -0.823. The largest absolute Gasteiger partial charge is 0.0853 e. The SMILES string of the molecule is CCC(C/C=C(/C)C[Si](C)(C)C)c1ccccc1. The molecule has 1 aromatic carbocycles. The monoisotopic (exact) mass is 260 g/mol. The standard InChI is InChI=1S/C17H28Si/c1-6-16(17-10-8-7-9-11-17)13-12-15(2)14-18(3,4)5/h7-12,16H,6,13-14H2,1-5H3/b15-12-. The van der Waals surface area contributed by atoms with E-state index in [2.05, 4.69) is 69.9 Å². The first kappa shape index (κ1) is 15.2. The van der Waals surface area contributed by atoms with Gasteiger partial charge in [-0.15, -0.1) is 0 Å². The Bertz CT molecular complexity index is 370. The third-order valence-electron chi connectivity index (χ3n) is 3.32. The first-order valence-electron chi connectivity index (χ1n) is 7.13. The summed E-state index contributed by atoms with van der Waals surface area (Å²) in [5.41, 5.74) is 3.07. The van der Waals surface area contributed by atoms with Crippen molar-refractivity contribution in [2.45, 2.75) is 58.3 Å². The lowest BCUT2D eigenvalue weighted by molar-refractivity contribution is 0.672. The Kier molecular flexibility index (Phi) is 5.87. The highest BCUT2D eigenvalue weighted by Gasteiger charge is 2.13. The van der Waals surface area contributed by atoms with E-state index in [1.54, 1.807) is 5.57 Å². The molecule has 0 aliphatic carbocycles. The van der Waals surface area contributed by atoms with Crippen LogP contribution in [0.3, 0.4) is 0 Å². The van der Waals surface area contributed by atoms with E-state index in [1.165, 1.54) is 24.4 Å². The molecule has 0 fully saturated rings. The molecule has 0 N–H and O–H groups in total. The van der Waals surface area contributed by atoms with E-state index in [9.17, 15) is 0 Å². The lowest BCUT2D eigenvalue weighted by atomic mass is 9.92. The van der Waals surface area contributed by atoms with Crippen molar-refractivity contribution in [3.05, 3.63) is 47.5 Å². The minimum absolute atomic E-state index is 0.683. The summed E-state index contributed by atoms with van der Waals surface area (Å²) in [7, 11) is -0.950. The van der Waals surface area contributed by atoms with E-state index < -0.39 is 8.07 Å². The van der Waals surface area contributed by atoms with Crippen molar-refractivity contribution in [1.29, 1.82) is 0 Å². The molecule has 0 heterocycles. The van der Waals surface area contributed by atoms with Crippen LogP contribution in [0.1, 0.15) is 38.2 Å². The molecule has 1 heteroatoms.